The smallest absolute Gasteiger partial charge is 0.346 e. The third kappa shape index (κ3) is 13.9. The summed E-state index contributed by atoms with van der Waals surface area (Å²) in [7, 11) is 0. The molecule has 456 valence electrons. The van der Waals surface area contributed by atoms with E-state index >= 15 is 9.59 Å². The average molecular weight is 1250 g/mol. The molecule has 0 bridgehead atoms. The molecule has 0 radical (unpaired) electrons. The van der Waals surface area contributed by atoms with Crippen LogP contribution in [0.1, 0.15) is 130 Å². The van der Waals surface area contributed by atoms with Crippen molar-refractivity contribution in [3.05, 3.63) is 191 Å². The number of carboxylic acids is 1. The number of imide groups is 1. The maximum atomic E-state index is 15.8. The number of thiophene rings is 3. The SMILES string of the molecule is CCCCCCOc1ccc(N(c2ccc(OCCCCCC)cc2)c2ccc(-c3ccc(-c4c5c(c(-c6ccc(-c7ccc(/C=C(/C#N)C(=O)O)s7)s6)c6nc(-c7ccccc7)c(-c7ccccc7)nc46)C(=O)N(CC(CC)CCCC)C5=O)s3)cc2)cc1. The molecular formula is C76H73N5O6S3. The number of aromatic nitrogens is 2. The topological polar surface area (TPSA) is 146 Å². The van der Waals surface area contributed by atoms with Crippen molar-refractivity contribution < 1.29 is 29.0 Å². The molecule has 1 atom stereocenters. The number of ether oxygens (including phenoxy) is 2. The number of fused-ring (bicyclic) bond motifs is 2. The third-order valence-corrected chi connectivity index (χ3v) is 19.9. The summed E-state index contributed by atoms with van der Waals surface area (Å²) in [4.78, 5) is 63.1. The van der Waals surface area contributed by atoms with E-state index in [2.05, 4.69) is 93.3 Å². The number of hydrogen-bond donors (Lipinski definition) is 1. The number of nitriles is 1. The van der Waals surface area contributed by atoms with Gasteiger partial charge in [0, 0.05) is 75.1 Å². The number of carbonyl (C=O) groups is 3. The Labute approximate surface area is 539 Å². The first-order chi connectivity index (χ1) is 44.1. The third-order valence-electron chi connectivity index (χ3n) is 16.5. The molecule has 1 aliphatic heterocycles. The molecule has 0 spiro atoms. The first-order valence-electron chi connectivity index (χ1n) is 31.5. The summed E-state index contributed by atoms with van der Waals surface area (Å²) in [5.74, 6) is -0.236. The van der Waals surface area contributed by atoms with Crippen molar-refractivity contribution in [2.75, 3.05) is 24.7 Å². The van der Waals surface area contributed by atoms with Crippen LogP contribution >= 0.6 is 34.0 Å². The summed E-state index contributed by atoms with van der Waals surface area (Å²) < 4.78 is 12.4. The second-order valence-corrected chi connectivity index (χ2v) is 26.0. The summed E-state index contributed by atoms with van der Waals surface area (Å²) in [6.07, 6.45) is 14.1. The Morgan fingerprint density at radius 3 is 1.47 bits per heavy atom. The van der Waals surface area contributed by atoms with Crippen LogP contribution in [0.5, 0.6) is 11.5 Å². The number of rotatable bonds is 29. The van der Waals surface area contributed by atoms with Crippen LogP contribution in [-0.4, -0.2) is 57.5 Å². The lowest BCUT2D eigenvalue weighted by Crippen LogP contribution is -2.34. The van der Waals surface area contributed by atoms with E-state index in [9.17, 15) is 15.2 Å². The van der Waals surface area contributed by atoms with Crippen molar-refractivity contribution in [1.29, 1.82) is 5.26 Å². The maximum absolute atomic E-state index is 15.8. The van der Waals surface area contributed by atoms with Crippen LogP contribution in [0.4, 0.5) is 17.1 Å². The number of anilines is 3. The largest absolute Gasteiger partial charge is 0.494 e. The molecule has 4 aromatic heterocycles. The Bertz CT molecular complexity index is 4150. The molecule has 2 amide bonds. The fourth-order valence-corrected chi connectivity index (χ4v) is 14.8. The number of carbonyl (C=O) groups excluding carboxylic acids is 2. The van der Waals surface area contributed by atoms with E-state index in [1.807, 2.05) is 103 Å². The molecular weight excluding hydrogens is 1180 g/mol. The molecule has 11 rings (SSSR count). The van der Waals surface area contributed by atoms with E-state index in [1.165, 1.54) is 59.3 Å². The van der Waals surface area contributed by atoms with E-state index < -0.39 is 5.97 Å². The first kappa shape index (κ1) is 62.6. The summed E-state index contributed by atoms with van der Waals surface area (Å²) in [6, 6.07) is 58.7. The van der Waals surface area contributed by atoms with Gasteiger partial charge >= 0.3 is 5.97 Å². The van der Waals surface area contributed by atoms with Crippen LogP contribution in [0.3, 0.4) is 0 Å². The highest BCUT2D eigenvalue weighted by Crippen LogP contribution is 2.51. The molecule has 90 heavy (non-hydrogen) atoms. The number of hydrogen-bond acceptors (Lipinski definition) is 12. The molecule has 0 fully saturated rings. The Morgan fingerprint density at radius 2 is 0.989 bits per heavy atom. The van der Waals surface area contributed by atoms with Crippen LogP contribution < -0.4 is 14.4 Å². The Hall–Kier alpha value is -9.00. The van der Waals surface area contributed by atoms with Crippen LogP contribution in [-0.2, 0) is 4.79 Å². The van der Waals surface area contributed by atoms with Crippen molar-refractivity contribution in [1.82, 2.24) is 14.9 Å². The van der Waals surface area contributed by atoms with Gasteiger partial charge in [-0.1, -0.05) is 158 Å². The van der Waals surface area contributed by atoms with Crippen LogP contribution in [0.15, 0.2) is 175 Å². The molecule has 0 aliphatic carbocycles. The fourth-order valence-electron chi connectivity index (χ4n) is 11.6. The van der Waals surface area contributed by atoms with Gasteiger partial charge in [-0.2, -0.15) is 5.26 Å². The number of aliphatic carboxylic acids is 1. The molecule has 6 aromatic carbocycles. The van der Waals surface area contributed by atoms with E-state index in [4.69, 9.17) is 19.4 Å². The molecule has 1 aliphatic rings. The molecule has 1 N–H and O–H groups in total. The molecule has 0 saturated heterocycles. The van der Waals surface area contributed by atoms with Crippen molar-refractivity contribution in [3.8, 4) is 81.2 Å². The summed E-state index contributed by atoms with van der Waals surface area (Å²) in [5, 5.41) is 19.2. The van der Waals surface area contributed by atoms with Crippen LogP contribution in [0.25, 0.3) is 80.7 Å². The van der Waals surface area contributed by atoms with E-state index in [0.29, 0.717) is 62.8 Å². The van der Waals surface area contributed by atoms with Gasteiger partial charge in [0.1, 0.15) is 23.1 Å². The van der Waals surface area contributed by atoms with Crippen molar-refractivity contribution in [3.63, 3.8) is 0 Å². The predicted molar refractivity (Wildman–Crippen MR) is 370 cm³/mol. The maximum Gasteiger partial charge on any atom is 0.346 e. The van der Waals surface area contributed by atoms with Gasteiger partial charge in [-0.15, -0.1) is 34.0 Å². The second-order valence-electron chi connectivity index (χ2n) is 22.7. The van der Waals surface area contributed by atoms with Crippen LogP contribution in [0, 0.1) is 17.2 Å². The summed E-state index contributed by atoms with van der Waals surface area (Å²) >= 11 is 4.37. The molecule has 11 nitrogen and oxygen atoms in total. The van der Waals surface area contributed by atoms with Gasteiger partial charge in [0.25, 0.3) is 11.8 Å². The minimum absolute atomic E-state index is 0.0985. The Morgan fingerprint density at radius 1 is 0.533 bits per heavy atom. The normalized spacial score (nSPS) is 12.6. The van der Waals surface area contributed by atoms with Crippen LogP contribution in [0.2, 0.25) is 0 Å². The lowest BCUT2D eigenvalue weighted by Gasteiger charge is -2.26. The minimum Gasteiger partial charge on any atom is -0.494 e. The zero-order valence-corrected chi connectivity index (χ0v) is 53.8. The standard InChI is InChI=1S/C76H73N5O6S3/c1-5-9-12-20-45-86-58-35-31-56(32-36-58)81(57-33-37-59(38-34-57)87-46-21-13-10-6-2)55-29-27-51(28-30-55)61-41-43-64(89-61)66-68-69(75(83)80(74(68)82)49-50(8-4)22-11-7-3)67(65-44-42-63(90-65)62-40-39-60(88-62)47-54(48-77)76(84)85)73-72(66)78-70(52-23-16-14-17-24-52)71(79-73)53-25-18-15-19-26-53/h14-19,23-44,47,50H,5-13,20-22,45-46,49H2,1-4H3,(H,84,85)/b54-47-. The number of nitrogens with zero attached hydrogens (tertiary/aromatic N) is 5. The van der Waals surface area contributed by atoms with Gasteiger partial charge in [-0.05, 0) is 134 Å². The van der Waals surface area contributed by atoms with E-state index in [0.717, 1.165) is 121 Å². The van der Waals surface area contributed by atoms with Crippen molar-refractivity contribution in [2.45, 2.75) is 105 Å². The van der Waals surface area contributed by atoms with Crippen molar-refractivity contribution >= 4 is 86.0 Å². The van der Waals surface area contributed by atoms with Gasteiger partial charge < -0.3 is 19.5 Å². The van der Waals surface area contributed by atoms with E-state index in [-0.39, 0.29) is 29.9 Å². The fraction of sp³-hybridized carbons (Fsp3) is 0.263. The molecule has 10 aromatic rings. The van der Waals surface area contributed by atoms with Gasteiger partial charge in [0.15, 0.2) is 0 Å². The zero-order valence-electron chi connectivity index (χ0n) is 51.4. The van der Waals surface area contributed by atoms with E-state index in [1.54, 1.807) is 23.5 Å². The monoisotopic (exact) mass is 1250 g/mol. The Kier molecular flexibility index (Phi) is 20.5. The van der Waals surface area contributed by atoms with Gasteiger partial charge in [0.05, 0.1) is 46.8 Å². The first-order valence-corrected chi connectivity index (χ1v) is 33.9. The zero-order chi connectivity index (χ0) is 62.5. The second kappa shape index (κ2) is 29.5. The highest BCUT2D eigenvalue weighted by atomic mass is 32.1. The Balaban J connectivity index is 1.05. The minimum atomic E-state index is -1.30. The van der Waals surface area contributed by atoms with Crippen molar-refractivity contribution in [2.24, 2.45) is 5.92 Å². The predicted octanol–water partition coefficient (Wildman–Crippen LogP) is 21.0. The highest BCUT2D eigenvalue weighted by molar-refractivity contribution is 7.24. The lowest BCUT2D eigenvalue weighted by molar-refractivity contribution is -0.132. The average Bonchev–Trinajstić information content (AvgIpc) is 1.48. The molecule has 1 unspecified atom stereocenters. The summed E-state index contributed by atoms with van der Waals surface area (Å²) in [6.45, 7) is 10.4. The number of unbranched alkanes of at least 4 members (excludes halogenated alkanes) is 7. The lowest BCUT2D eigenvalue weighted by atomic mass is 9.92. The van der Waals surface area contributed by atoms with Gasteiger partial charge in [-0.3, -0.25) is 14.5 Å². The molecule has 5 heterocycles. The molecule has 14 heteroatoms. The summed E-state index contributed by atoms with van der Waals surface area (Å²) in [5.41, 5.74) is 9.18. The van der Waals surface area contributed by atoms with Gasteiger partial charge in [-0.25, -0.2) is 14.8 Å². The number of benzene rings is 6. The highest BCUT2D eigenvalue weighted by Gasteiger charge is 2.44. The number of amides is 2. The number of carboxylic acid groups (broad SMARTS) is 1. The van der Waals surface area contributed by atoms with Gasteiger partial charge in [0.2, 0.25) is 0 Å². The molecule has 0 saturated carbocycles. The quantitative estimate of drug-likeness (QED) is 0.0208.